The fourth-order valence-corrected chi connectivity index (χ4v) is 0.496. The zero-order valence-corrected chi connectivity index (χ0v) is 10.4. The molecule has 0 aliphatic carbocycles. The maximum atomic E-state index is 8.52. The van der Waals surface area contributed by atoms with Gasteiger partial charge in [0.1, 0.15) is 0 Å². The molecule has 0 heterocycles. The minimum atomic E-state index is -5.17. The van der Waals surface area contributed by atoms with E-state index in [-0.39, 0.29) is 21.1 Å². The second kappa shape index (κ2) is 12.2. The van der Waals surface area contributed by atoms with Crippen LogP contribution in [0.1, 0.15) is 32.6 Å². The van der Waals surface area contributed by atoms with Gasteiger partial charge >= 0.3 is 21.1 Å². The van der Waals surface area contributed by atoms with Crippen molar-refractivity contribution in [2.24, 2.45) is 0 Å². The molecular formula is C6H13NO4PtS. The van der Waals surface area contributed by atoms with Crippen molar-refractivity contribution in [3.05, 3.63) is 0 Å². The van der Waals surface area contributed by atoms with E-state index in [1.165, 1.54) is 25.5 Å². The molecule has 0 fully saturated rings. The largest absolute Gasteiger partial charge is 2.00 e. The molecule has 0 spiro atoms. The maximum absolute atomic E-state index is 8.52. The van der Waals surface area contributed by atoms with Gasteiger partial charge in [0.15, 0.2) is 0 Å². The molecule has 1 N–H and O–H groups in total. The van der Waals surface area contributed by atoms with Gasteiger partial charge in [-0.15, -0.1) is 0 Å². The van der Waals surface area contributed by atoms with Crippen LogP contribution in [0.5, 0.6) is 0 Å². The summed E-state index contributed by atoms with van der Waals surface area (Å²) in [6.45, 7) is 2.17. The molecule has 5 nitrogen and oxygen atoms in total. The van der Waals surface area contributed by atoms with Gasteiger partial charge in [-0.3, -0.25) is 8.42 Å². The third-order valence-electron chi connectivity index (χ3n) is 0.952. The summed E-state index contributed by atoms with van der Waals surface area (Å²) in [7, 11) is -5.17. The van der Waals surface area contributed by atoms with Crippen molar-refractivity contribution < 1.29 is 38.6 Å². The first-order valence-corrected chi connectivity index (χ1v) is 4.90. The maximum Gasteiger partial charge on any atom is 2.00 e. The summed E-state index contributed by atoms with van der Waals surface area (Å²) in [5, 5.41) is 6.66. The van der Waals surface area contributed by atoms with E-state index in [9.17, 15) is 0 Å². The summed E-state index contributed by atoms with van der Waals surface area (Å²) in [5.41, 5.74) is 0. The van der Waals surface area contributed by atoms with Gasteiger partial charge in [-0.05, 0) is 19.1 Å². The molecule has 82 valence electrons. The molecule has 0 aromatic rings. The summed E-state index contributed by atoms with van der Waals surface area (Å²) < 4.78 is 34.1. The predicted molar refractivity (Wildman–Crippen MR) is 43.4 cm³/mol. The minimum absolute atomic E-state index is 0. The molecule has 0 rings (SSSR count). The molecular weight excluding hydrogens is 377 g/mol. The summed E-state index contributed by atoms with van der Waals surface area (Å²) in [5.74, 6) is 0. The molecule has 0 unspecified atom stereocenters. The third kappa shape index (κ3) is 71.6. The fraction of sp³-hybridized carbons (Fsp3) is 0.833. The Balaban J connectivity index is -0.000000150. The van der Waals surface area contributed by atoms with Crippen molar-refractivity contribution in [2.75, 3.05) is 0 Å². The van der Waals surface area contributed by atoms with Gasteiger partial charge in [0.2, 0.25) is 0 Å². The average molecular weight is 390 g/mol. The van der Waals surface area contributed by atoms with Crippen LogP contribution in [0.4, 0.5) is 0 Å². The second-order valence-corrected chi connectivity index (χ2v) is 2.92. The first-order valence-electron chi connectivity index (χ1n) is 3.57. The zero-order chi connectivity index (χ0) is 10.0. The molecule has 0 aliphatic heterocycles. The summed E-state index contributed by atoms with van der Waals surface area (Å²) in [6, 6.07) is 0. The number of hydrogen-bond donors (Lipinski definition) is 1. The summed E-state index contributed by atoms with van der Waals surface area (Å²) in [6.07, 6.45) is 6.17. The number of nitrogens with one attached hydrogen (secondary N) is 1. The van der Waals surface area contributed by atoms with Crippen LogP contribution >= 0.6 is 0 Å². The van der Waals surface area contributed by atoms with E-state index in [2.05, 4.69) is 6.92 Å². The van der Waals surface area contributed by atoms with Crippen molar-refractivity contribution in [2.45, 2.75) is 32.6 Å². The van der Waals surface area contributed by atoms with Crippen molar-refractivity contribution in [1.29, 1.82) is 5.41 Å². The van der Waals surface area contributed by atoms with E-state index in [1.54, 1.807) is 0 Å². The number of hydrogen-bond acceptors (Lipinski definition) is 5. The standard InChI is InChI=1S/C6H13N.H2O4S.Pt/c1-2-3-4-5-6-7;1-5(2,3)4;/h6-7H,2-5H2,1H3;(H2,1,2,3,4);/q;;+2/p-2. The van der Waals surface area contributed by atoms with E-state index < -0.39 is 10.4 Å². The van der Waals surface area contributed by atoms with E-state index in [0.29, 0.717) is 0 Å². The molecule has 0 atom stereocenters. The van der Waals surface area contributed by atoms with Crippen molar-refractivity contribution >= 4 is 16.6 Å². The van der Waals surface area contributed by atoms with Crippen LogP contribution in [0.25, 0.3) is 0 Å². The van der Waals surface area contributed by atoms with Crippen molar-refractivity contribution in [3.63, 3.8) is 0 Å². The van der Waals surface area contributed by atoms with E-state index >= 15 is 0 Å². The van der Waals surface area contributed by atoms with Gasteiger partial charge in [-0.2, -0.15) is 0 Å². The SMILES string of the molecule is CCCCCC=N.O=S(=O)([O-])[O-].[Pt+2]. The molecule has 0 radical (unpaired) electrons. The smallest absolute Gasteiger partial charge is 0.759 e. The van der Waals surface area contributed by atoms with Crippen LogP contribution in [0.3, 0.4) is 0 Å². The quantitative estimate of drug-likeness (QED) is 0.333. The molecule has 0 aromatic heterocycles. The molecule has 0 aromatic carbocycles. The molecule has 0 bridgehead atoms. The van der Waals surface area contributed by atoms with Crippen LogP contribution in [-0.2, 0) is 31.5 Å². The summed E-state index contributed by atoms with van der Waals surface area (Å²) in [4.78, 5) is 0. The van der Waals surface area contributed by atoms with Crippen molar-refractivity contribution in [1.82, 2.24) is 0 Å². The Morgan fingerprint density at radius 1 is 1.31 bits per heavy atom. The first kappa shape index (κ1) is 18.9. The normalized spacial score (nSPS) is 9.15. The van der Waals surface area contributed by atoms with Crippen LogP contribution in [0.2, 0.25) is 0 Å². The Morgan fingerprint density at radius 3 is 1.92 bits per heavy atom. The fourth-order valence-electron chi connectivity index (χ4n) is 0.496. The molecule has 0 amide bonds. The van der Waals surface area contributed by atoms with Gasteiger partial charge in [0, 0.05) is 10.4 Å². The average Bonchev–Trinajstić information content (AvgIpc) is 1.85. The molecule has 0 saturated heterocycles. The second-order valence-electron chi connectivity index (χ2n) is 2.11. The van der Waals surface area contributed by atoms with E-state index in [4.69, 9.17) is 22.9 Å². The van der Waals surface area contributed by atoms with Gasteiger partial charge in [-0.25, -0.2) is 0 Å². The van der Waals surface area contributed by atoms with Crippen molar-refractivity contribution in [3.8, 4) is 0 Å². The predicted octanol–water partition coefficient (Wildman–Crippen LogP) is 0.876. The Morgan fingerprint density at radius 2 is 1.69 bits per heavy atom. The van der Waals surface area contributed by atoms with Gasteiger partial charge in [0.25, 0.3) is 0 Å². The minimum Gasteiger partial charge on any atom is -0.759 e. The van der Waals surface area contributed by atoms with E-state index in [1.807, 2.05) is 0 Å². The monoisotopic (exact) mass is 390 g/mol. The Bertz CT molecular complexity index is 185. The van der Waals surface area contributed by atoms with Crippen LogP contribution in [0.15, 0.2) is 0 Å². The van der Waals surface area contributed by atoms with E-state index in [0.717, 1.165) is 6.42 Å². The molecule has 0 saturated carbocycles. The number of rotatable bonds is 4. The Labute approximate surface area is 93.3 Å². The Kier molecular flexibility index (Phi) is 17.8. The topological polar surface area (TPSA) is 104 Å². The van der Waals surface area contributed by atoms with Crippen LogP contribution < -0.4 is 0 Å². The Hall–Kier alpha value is 0.228. The van der Waals surface area contributed by atoms with Crippen LogP contribution in [-0.4, -0.2) is 23.7 Å². The van der Waals surface area contributed by atoms with Gasteiger partial charge in [0.05, 0.1) is 0 Å². The molecule has 13 heavy (non-hydrogen) atoms. The van der Waals surface area contributed by atoms with Gasteiger partial charge < -0.3 is 14.5 Å². The number of unbranched alkanes of at least 4 members (excludes halogenated alkanes) is 3. The molecule has 0 aliphatic rings. The first-order chi connectivity index (χ1) is 5.41. The zero-order valence-electron chi connectivity index (χ0n) is 7.26. The summed E-state index contributed by atoms with van der Waals surface area (Å²) >= 11 is 0. The third-order valence-corrected chi connectivity index (χ3v) is 0.952. The van der Waals surface area contributed by atoms with Crippen LogP contribution in [0, 0.1) is 5.41 Å². The molecule has 7 heteroatoms. The van der Waals surface area contributed by atoms with Gasteiger partial charge in [-0.1, -0.05) is 19.8 Å².